The summed E-state index contributed by atoms with van der Waals surface area (Å²) in [5, 5.41) is 13.1. The smallest absolute Gasteiger partial charge is 0.160 e. The monoisotopic (exact) mass is 369 g/mol. The van der Waals surface area contributed by atoms with Gasteiger partial charge in [0.1, 0.15) is 0 Å². The predicted molar refractivity (Wildman–Crippen MR) is 85.9 cm³/mol. The second-order valence-electron chi connectivity index (χ2n) is 4.32. The van der Waals surface area contributed by atoms with Gasteiger partial charge >= 0.3 is 0 Å². The molecule has 0 aliphatic carbocycles. The third-order valence-electron chi connectivity index (χ3n) is 2.91. The van der Waals surface area contributed by atoms with Crippen LogP contribution in [0, 0.1) is 10.5 Å². The molecule has 4 heteroatoms. The van der Waals surface area contributed by atoms with E-state index < -0.39 is 0 Å². The summed E-state index contributed by atoms with van der Waals surface area (Å²) >= 11 is 2.30. The van der Waals surface area contributed by atoms with Gasteiger partial charge in [-0.25, -0.2) is 0 Å². The number of hydrogen-bond acceptors (Lipinski definition) is 3. The molecule has 0 fully saturated rings. The number of phenols is 1. The fraction of sp³-hybridized carbons (Fsp3) is 0.200. The summed E-state index contributed by atoms with van der Waals surface area (Å²) in [5.41, 5.74) is 3.33. The van der Waals surface area contributed by atoms with Gasteiger partial charge in [0.05, 0.1) is 7.11 Å². The molecule has 0 bridgehead atoms. The van der Waals surface area contributed by atoms with Gasteiger partial charge in [-0.3, -0.25) is 0 Å². The molecule has 0 aliphatic rings. The van der Waals surface area contributed by atoms with Crippen LogP contribution < -0.4 is 10.1 Å². The highest BCUT2D eigenvalue weighted by Crippen LogP contribution is 2.27. The van der Waals surface area contributed by atoms with Crippen molar-refractivity contribution in [2.75, 3.05) is 12.4 Å². The Bertz CT molecular complexity index is 584. The minimum Gasteiger partial charge on any atom is -0.504 e. The van der Waals surface area contributed by atoms with Crippen LogP contribution in [0.3, 0.4) is 0 Å². The molecule has 2 aromatic carbocycles. The number of methoxy groups -OCH3 is 1. The minimum atomic E-state index is 0.168. The number of aryl methyl sites for hydroxylation is 1. The van der Waals surface area contributed by atoms with Crippen molar-refractivity contribution in [1.29, 1.82) is 0 Å². The molecule has 0 heterocycles. The molecule has 2 rings (SSSR count). The van der Waals surface area contributed by atoms with Gasteiger partial charge in [-0.15, -0.1) is 0 Å². The zero-order valence-corrected chi connectivity index (χ0v) is 13.1. The predicted octanol–water partition coefficient (Wildman–Crippen LogP) is 3.93. The molecule has 0 amide bonds. The number of halogens is 1. The molecule has 0 unspecified atom stereocenters. The van der Waals surface area contributed by atoms with Crippen LogP contribution in [0.15, 0.2) is 36.4 Å². The maximum Gasteiger partial charge on any atom is 0.160 e. The van der Waals surface area contributed by atoms with E-state index in [-0.39, 0.29) is 5.75 Å². The topological polar surface area (TPSA) is 41.5 Å². The SMILES string of the molecule is COc1ccc(CNc2ccc(I)cc2C)cc1O. The molecule has 0 saturated heterocycles. The van der Waals surface area contributed by atoms with Crippen LogP contribution in [0.5, 0.6) is 11.5 Å². The van der Waals surface area contributed by atoms with Gasteiger partial charge in [-0.05, 0) is 71.0 Å². The van der Waals surface area contributed by atoms with E-state index in [1.807, 2.05) is 6.07 Å². The molecule has 100 valence electrons. The Morgan fingerprint density at radius 3 is 2.63 bits per heavy atom. The Labute approximate surface area is 126 Å². The third kappa shape index (κ3) is 3.53. The molecule has 2 aromatic rings. The molecule has 0 atom stereocenters. The van der Waals surface area contributed by atoms with Crippen molar-refractivity contribution in [3.8, 4) is 11.5 Å². The van der Waals surface area contributed by atoms with Gasteiger partial charge in [-0.1, -0.05) is 6.07 Å². The standard InChI is InChI=1S/C15H16INO2/c1-10-7-12(16)4-5-13(10)17-9-11-3-6-15(19-2)14(18)8-11/h3-8,17-18H,9H2,1-2H3. The van der Waals surface area contributed by atoms with Crippen molar-refractivity contribution >= 4 is 28.3 Å². The largest absolute Gasteiger partial charge is 0.504 e. The third-order valence-corrected chi connectivity index (χ3v) is 3.59. The number of phenolic OH excluding ortho intramolecular Hbond substituents is 1. The zero-order chi connectivity index (χ0) is 13.8. The summed E-state index contributed by atoms with van der Waals surface area (Å²) in [6.07, 6.45) is 0. The van der Waals surface area contributed by atoms with E-state index in [0.717, 1.165) is 11.3 Å². The van der Waals surface area contributed by atoms with E-state index in [9.17, 15) is 5.11 Å². The highest BCUT2D eigenvalue weighted by atomic mass is 127. The first kappa shape index (κ1) is 14.0. The van der Waals surface area contributed by atoms with Gasteiger partial charge in [0, 0.05) is 15.8 Å². The van der Waals surface area contributed by atoms with E-state index in [2.05, 4.69) is 53.0 Å². The Kier molecular flexibility index (Phi) is 4.52. The van der Waals surface area contributed by atoms with E-state index >= 15 is 0 Å². The quantitative estimate of drug-likeness (QED) is 0.803. The van der Waals surface area contributed by atoms with Gasteiger partial charge in [-0.2, -0.15) is 0 Å². The lowest BCUT2D eigenvalue weighted by Gasteiger charge is -2.11. The average molecular weight is 369 g/mol. The van der Waals surface area contributed by atoms with Crippen LogP contribution in [0.4, 0.5) is 5.69 Å². The molecular weight excluding hydrogens is 353 g/mol. The van der Waals surface area contributed by atoms with Crippen molar-refractivity contribution < 1.29 is 9.84 Å². The van der Waals surface area contributed by atoms with Crippen molar-refractivity contribution in [3.05, 3.63) is 51.1 Å². The Morgan fingerprint density at radius 1 is 1.21 bits per heavy atom. The van der Waals surface area contributed by atoms with Gasteiger partial charge in [0.25, 0.3) is 0 Å². The van der Waals surface area contributed by atoms with E-state index in [0.29, 0.717) is 12.3 Å². The lowest BCUT2D eigenvalue weighted by molar-refractivity contribution is 0.373. The lowest BCUT2D eigenvalue weighted by Crippen LogP contribution is -2.01. The average Bonchev–Trinajstić information content (AvgIpc) is 2.38. The highest BCUT2D eigenvalue weighted by molar-refractivity contribution is 14.1. The second-order valence-corrected chi connectivity index (χ2v) is 5.56. The molecule has 0 aliphatic heterocycles. The number of nitrogens with one attached hydrogen (secondary N) is 1. The first-order chi connectivity index (χ1) is 9.10. The summed E-state index contributed by atoms with van der Waals surface area (Å²) in [5.74, 6) is 0.662. The van der Waals surface area contributed by atoms with Gasteiger partial charge in [0.15, 0.2) is 11.5 Å². The molecular formula is C15H16INO2. The molecule has 0 radical (unpaired) electrons. The first-order valence-corrected chi connectivity index (χ1v) is 7.04. The van der Waals surface area contributed by atoms with Crippen LogP contribution in [0.1, 0.15) is 11.1 Å². The van der Waals surface area contributed by atoms with E-state index in [4.69, 9.17) is 4.74 Å². The number of rotatable bonds is 4. The Balaban J connectivity index is 2.08. The van der Waals surface area contributed by atoms with Crippen LogP contribution >= 0.6 is 22.6 Å². The molecule has 2 N–H and O–H groups in total. The first-order valence-electron chi connectivity index (χ1n) is 5.96. The zero-order valence-electron chi connectivity index (χ0n) is 10.9. The maximum absolute atomic E-state index is 9.73. The number of ether oxygens (including phenoxy) is 1. The molecule has 0 spiro atoms. The van der Waals surface area contributed by atoms with Crippen molar-refractivity contribution in [2.24, 2.45) is 0 Å². The summed E-state index contributed by atoms with van der Waals surface area (Å²) < 4.78 is 6.25. The molecule has 0 saturated carbocycles. The number of benzene rings is 2. The van der Waals surface area contributed by atoms with Crippen LogP contribution in [0.25, 0.3) is 0 Å². The number of hydrogen-bond donors (Lipinski definition) is 2. The van der Waals surface area contributed by atoms with Gasteiger partial charge < -0.3 is 15.2 Å². The summed E-state index contributed by atoms with van der Waals surface area (Å²) in [6, 6.07) is 11.7. The Hall–Kier alpha value is -1.43. The molecule has 3 nitrogen and oxygen atoms in total. The minimum absolute atomic E-state index is 0.168. The van der Waals surface area contributed by atoms with E-state index in [1.54, 1.807) is 19.2 Å². The van der Waals surface area contributed by atoms with E-state index in [1.165, 1.54) is 9.13 Å². The van der Waals surface area contributed by atoms with Crippen LogP contribution in [-0.4, -0.2) is 12.2 Å². The fourth-order valence-electron chi connectivity index (χ4n) is 1.87. The normalized spacial score (nSPS) is 10.3. The highest BCUT2D eigenvalue weighted by Gasteiger charge is 2.03. The molecule has 19 heavy (non-hydrogen) atoms. The lowest BCUT2D eigenvalue weighted by atomic mass is 10.1. The van der Waals surface area contributed by atoms with Crippen molar-refractivity contribution in [2.45, 2.75) is 13.5 Å². The molecule has 0 aromatic heterocycles. The summed E-state index contributed by atoms with van der Waals surface area (Å²) in [7, 11) is 1.54. The van der Waals surface area contributed by atoms with Crippen LogP contribution in [-0.2, 0) is 6.54 Å². The van der Waals surface area contributed by atoms with Crippen molar-refractivity contribution in [1.82, 2.24) is 0 Å². The Morgan fingerprint density at radius 2 is 2.00 bits per heavy atom. The fourth-order valence-corrected chi connectivity index (χ4v) is 2.52. The summed E-state index contributed by atoms with van der Waals surface area (Å²) in [4.78, 5) is 0. The van der Waals surface area contributed by atoms with Crippen LogP contribution in [0.2, 0.25) is 0 Å². The number of aromatic hydroxyl groups is 1. The van der Waals surface area contributed by atoms with Gasteiger partial charge in [0.2, 0.25) is 0 Å². The van der Waals surface area contributed by atoms with Crippen molar-refractivity contribution in [3.63, 3.8) is 0 Å². The second kappa shape index (κ2) is 6.14. The maximum atomic E-state index is 9.73. The number of anilines is 1. The summed E-state index contributed by atoms with van der Waals surface area (Å²) in [6.45, 7) is 2.75.